The molecule has 3 aliphatic heterocycles. The number of allylic oxidation sites excluding steroid dienone is 2. The first-order valence-electron chi connectivity index (χ1n) is 12.3. The maximum atomic E-state index is 13.9. The van der Waals surface area contributed by atoms with E-state index in [-0.39, 0.29) is 11.5 Å². The van der Waals surface area contributed by atoms with E-state index in [1.165, 1.54) is 6.07 Å². The lowest BCUT2D eigenvalue weighted by Gasteiger charge is -2.37. The highest BCUT2D eigenvalue weighted by Gasteiger charge is 2.24. The van der Waals surface area contributed by atoms with E-state index in [0.29, 0.717) is 62.1 Å². The average Bonchev–Trinajstić information content (AvgIpc) is 3.36. The number of ether oxygens (including phenoxy) is 1. The Morgan fingerprint density at radius 3 is 2.56 bits per heavy atom. The predicted molar refractivity (Wildman–Crippen MR) is 134 cm³/mol. The van der Waals surface area contributed by atoms with Crippen LogP contribution in [0.3, 0.4) is 0 Å². The number of halogens is 1. The molecule has 0 spiro atoms. The van der Waals surface area contributed by atoms with Crippen molar-refractivity contribution in [1.82, 2.24) is 19.8 Å². The van der Waals surface area contributed by atoms with E-state index < -0.39 is 11.7 Å². The van der Waals surface area contributed by atoms with Crippen LogP contribution >= 0.6 is 0 Å². The molecule has 0 saturated carbocycles. The number of benzene rings is 1. The van der Waals surface area contributed by atoms with Gasteiger partial charge in [0.25, 0.3) is 11.8 Å². The number of morpholine rings is 1. The van der Waals surface area contributed by atoms with Crippen LogP contribution < -0.4 is 10.6 Å². The molecule has 0 radical (unpaired) electrons. The first-order valence-corrected chi connectivity index (χ1v) is 12.3. The lowest BCUT2D eigenvalue weighted by molar-refractivity contribution is -0.127. The third-order valence-electron chi connectivity index (χ3n) is 6.74. The van der Waals surface area contributed by atoms with E-state index in [1.54, 1.807) is 4.90 Å². The minimum Gasteiger partial charge on any atom is -0.378 e. The molecule has 2 saturated heterocycles. The topological polar surface area (TPSA) is 120 Å². The van der Waals surface area contributed by atoms with Gasteiger partial charge in [-0.25, -0.2) is 14.4 Å². The van der Waals surface area contributed by atoms with Crippen LogP contribution in [0.1, 0.15) is 29.6 Å². The van der Waals surface area contributed by atoms with Crippen LogP contribution in [-0.2, 0) is 9.53 Å². The number of aliphatic imine (C=N–C) groups is 1. The quantitative estimate of drug-likeness (QED) is 0.668. The number of aromatic amines is 1. The number of nitrogens with one attached hydrogen (secondary N) is 1. The second kappa shape index (κ2) is 10.5. The van der Waals surface area contributed by atoms with Crippen LogP contribution in [0.25, 0.3) is 11.0 Å². The number of H-pyrrole nitrogens is 1. The van der Waals surface area contributed by atoms with Gasteiger partial charge in [0.15, 0.2) is 0 Å². The summed E-state index contributed by atoms with van der Waals surface area (Å²) in [5.41, 5.74) is 7.86. The second-order valence-electron chi connectivity index (χ2n) is 9.08. The molecule has 4 heterocycles. The molecule has 3 aliphatic rings. The molecule has 11 heteroatoms. The molecule has 0 unspecified atom stereocenters. The van der Waals surface area contributed by atoms with Crippen molar-refractivity contribution in [2.45, 2.75) is 19.3 Å². The lowest BCUT2D eigenvalue weighted by Crippen LogP contribution is -2.46. The largest absolute Gasteiger partial charge is 0.378 e. The van der Waals surface area contributed by atoms with Crippen molar-refractivity contribution < 1.29 is 18.7 Å². The standard InChI is InChI=1S/C25H30FN7O3/c26-17-14-19(23(27)34)22-21(15-17)29-25(30-22)33-8-6-31(7-9-33)18-4-2-1-3-5-20(28-16-18)24(35)32-10-12-36-13-11-32/h3,5,14-16H,1-2,4,6-13H2,(H2,27,34)(H,29,30)/b5-3-,18-16+,28-20+. The Morgan fingerprint density at radius 2 is 1.81 bits per heavy atom. The highest BCUT2D eigenvalue weighted by molar-refractivity contribution is 6.43. The summed E-state index contributed by atoms with van der Waals surface area (Å²) in [6.07, 6.45) is 8.42. The zero-order chi connectivity index (χ0) is 25.1. The number of aromatic nitrogens is 2. The van der Waals surface area contributed by atoms with Crippen molar-refractivity contribution in [3.05, 3.63) is 47.6 Å². The molecule has 3 N–H and O–H groups in total. The number of nitrogens with zero attached hydrogens (tertiary/aromatic N) is 5. The minimum absolute atomic E-state index is 0.0616. The van der Waals surface area contributed by atoms with E-state index in [1.807, 2.05) is 18.4 Å². The molecule has 0 aliphatic carbocycles. The smallest absolute Gasteiger partial charge is 0.272 e. The van der Waals surface area contributed by atoms with E-state index in [4.69, 9.17) is 10.5 Å². The molecule has 1 aromatic carbocycles. The van der Waals surface area contributed by atoms with Crippen LogP contribution in [0.2, 0.25) is 0 Å². The summed E-state index contributed by atoms with van der Waals surface area (Å²) >= 11 is 0. The molecule has 2 amide bonds. The average molecular weight is 496 g/mol. The number of anilines is 1. The lowest BCUT2D eigenvalue weighted by atomic mass is 10.1. The van der Waals surface area contributed by atoms with Crippen molar-refractivity contribution in [2.24, 2.45) is 10.7 Å². The third kappa shape index (κ3) is 5.11. The Balaban J connectivity index is 1.29. The van der Waals surface area contributed by atoms with Crippen LogP contribution in [-0.4, -0.2) is 89.8 Å². The Morgan fingerprint density at radius 1 is 1.06 bits per heavy atom. The van der Waals surface area contributed by atoms with Gasteiger partial charge >= 0.3 is 0 Å². The number of fused-ring (bicyclic) bond motifs is 1. The van der Waals surface area contributed by atoms with E-state index in [0.717, 1.165) is 44.1 Å². The van der Waals surface area contributed by atoms with Crippen molar-refractivity contribution in [2.75, 3.05) is 57.4 Å². The number of imidazole rings is 1. The SMILES string of the molecule is NC(=O)c1cc(F)cc2[nH]c(N3CCN(/C4=C/N=C(C(=O)N5CCOCC5)\C=C/CCC4)CC3)nc12. The monoisotopic (exact) mass is 495 g/mol. The molecule has 0 atom stereocenters. The van der Waals surface area contributed by atoms with Gasteiger partial charge in [-0.2, -0.15) is 0 Å². The Labute approximate surface area is 208 Å². The summed E-state index contributed by atoms with van der Waals surface area (Å²) in [4.78, 5) is 43.1. The third-order valence-corrected chi connectivity index (χ3v) is 6.74. The van der Waals surface area contributed by atoms with E-state index in [2.05, 4.69) is 24.8 Å². The number of piperazine rings is 1. The molecular weight excluding hydrogens is 465 g/mol. The first-order chi connectivity index (χ1) is 17.5. The highest BCUT2D eigenvalue weighted by atomic mass is 19.1. The van der Waals surface area contributed by atoms with E-state index >= 15 is 0 Å². The zero-order valence-electron chi connectivity index (χ0n) is 20.1. The van der Waals surface area contributed by atoms with Gasteiger partial charge in [0.2, 0.25) is 5.95 Å². The maximum absolute atomic E-state index is 13.9. The van der Waals surface area contributed by atoms with Crippen molar-refractivity contribution in [3.63, 3.8) is 0 Å². The predicted octanol–water partition coefficient (Wildman–Crippen LogP) is 1.80. The first kappa shape index (κ1) is 24.0. The Kier molecular flexibility index (Phi) is 6.99. The van der Waals surface area contributed by atoms with Crippen LogP contribution in [0, 0.1) is 5.82 Å². The number of carbonyl (C=O) groups is 2. The fourth-order valence-corrected chi connectivity index (χ4v) is 4.75. The number of hydrogen-bond acceptors (Lipinski definition) is 7. The van der Waals surface area contributed by atoms with Gasteiger partial charge in [-0.15, -0.1) is 0 Å². The summed E-state index contributed by atoms with van der Waals surface area (Å²) < 4.78 is 19.3. The molecular formula is C25H30FN7O3. The molecule has 5 rings (SSSR count). The van der Waals surface area contributed by atoms with Gasteiger partial charge in [0.05, 0.1) is 24.3 Å². The number of nitrogens with two attached hydrogens (primary N) is 1. The maximum Gasteiger partial charge on any atom is 0.272 e. The van der Waals surface area contributed by atoms with Crippen LogP contribution in [0.5, 0.6) is 0 Å². The Bertz CT molecular complexity index is 1240. The summed E-state index contributed by atoms with van der Waals surface area (Å²) in [6, 6.07) is 2.43. The van der Waals surface area contributed by atoms with Gasteiger partial charge in [-0.05, 0) is 37.5 Å². The number of carbonyl (C=O) groups excluding carboxylic acids is 2. The van der Waals surface area contributed by atoms with Gasteiger partial charge < -0.3 is 30.2 Å². The van der Waals surface area contributed by atoms with E-state index in [9.17, 15) is 14.0 Å². The van der Waals surface area contributed by atoms with Gasteiger partial charge in [-0.1, -0.05) is 6.08 Å². The molecule has 36 heavy (non-hydrogen) atoms. The fraction of sp³-hybridized carbons (Fsp3) is 0.440. The van der Waals surface area contributed by atoms with Crippen molar-refractivity contribution in [1.29, 1.82) is 0 Å². The molecule has 2 aromatic rings. The van der Waals surface area contributed by atoms with Gasteiger partial charge in [0.1, 0.15) is 17.0 Å². The number of hydrogen-bond donors (Lipinski definition) is 2. The summed E-state index contributed by atoms with van der Waals surface area (Å²) in [6.45, 7) is 5.14. The normalized spacial score (nSPS) is 23.2. The number of rotatable bonds is 4. The van der Waals surface area contributed by atoms with Crippen LogP contribution in [0.15, 0.2) is 41.2 Å². The van der Waals surface area contributed by atoms with Crippen LogP contribution in [0.4, 0.5) is 10.3 Å². The van der Waals surface area contributed by atoms with Crippen molar-refractivity contribution >= 4 is 34.5 Å². The zero-order valence-corrected chi connectivity index (χ0v) is 20.1. The molecule has 2 fully saturated rings. The summed E-state index contributed by atoms with van der Waals surface area (Å²) in [5, 5.41) is 0. The highest BCUT2D eigenvalue weighted by Crippen LogP contribution is 2.24. The van der Waals surface area contributed by atoms with Crippen molar-refractivity contribution in [3.8, 4) is 0 Å². The fourth-order valence-electron chi connectivity index (χ4n) is 4.75. The number of amides is 2. The molecule has 1 aromatic heterocycles. The molecule has 190 valence electrons. The minimum atomic E-state index is -0.712. The van der Waals surface area contributed by atoms with Gasteiger partial charge in [0, 0.05) is 51.2 Å². The summed E-state index contributed by atoms with van der Waals surface area (Å²) in [7, 11) is 0. The molecule has 10 nitrogen and oxygen atoms in total. The summed E-state index contributed by atoms with van der Waals surface area (Å²) in [5.74, 6) is -0.726. The second-order valence-corrected chi connectivity index (χ2v) is 9.08. The number of primary amides is 1. The Hall–Kier alpha value is -3.73. The molecule has 0 bridgehead atoms. The van der Waals surface area contributed by atoms with Gasteiger partial charge in [-0.3, -0.25) is 9.59 Å².